The summed E-state index contributed by atoms with van der Waals surface area (Å²) < 4.78 is 18.7. The maximum Gasteiger partial charge on any atom is 0.165 e. The van der Waals surface area contributed by atoms with Crippen molar-refractivity contribution >= 4 is 11.3 Å². The van der Waals surface area contributed by atoms with Crippen molar-refractivity contribution in [2.24, 2.45) is 0 Å². The molecule has 0 aliphatic rings. The highest BCUT2D eigenvalue weighted by atomic mass is 32.1. The van der Waals surface area contributed by atoms with Crippen LogP contribution in [0.2, 0.25) is 0 Å². The van der Waals surface area contributed by atoms with Crippen molar-refractivity contribution in [3.8, 4) is 5.75 Å². The Morgan fingerprint density at radius 2 is 2.31 bits per heavy atom. The van der Waals surface area contributed by atoms with Gasteiger partial charge in [0.15, 0.2) is 11.6 Å². The SMILES string of the molecule is OCc1cccc(F)c1OCc1nccs1. The van der Waals surface area contributed by atoms with Gasteiger partial charge in [0, 0.05) is 17.1 Å². The van der Waals surface area contributed by atoms with Crippen LogP contribution in [0, 0.1) is 5.82 Å². The molecule has 1 aromatic heterocycles. The maximum atomic E-state index is 13.4. The predicted molar refractivity (Wildman–Crippen MR) is 58.8 cm³/mol. The van der Waals surface area contributed by atoms with Gasteiger partial charge in [0.05, 0.1) is 6.61 Å². The van der Waals surface area contributed by atoms with Crippen molar-refractivity contribution in [3.63, 3.8) is 0 Å². The topological polar surface area (TPSA) is 42.4 Å². The Bertz CT molecular complexity index is 459. The number of halogens is 1. The van der Waals surface area contributed by atoms with E-state index in [1.807, 2.05) is 5.38 Å². The first-order valence-electron chi connectivity index (χ1n) is 4.70. The number of nitrogens with zero attached hydrogens (tertiary/aromatic N) is 1. The summed E-state index contributed by atoms with van der Waals surface area (Å²) in [6, 6.07) is 4.47. The molecule has 0 saturated heterocycles. The zero-order valence-corrected chi connectivity index (χ0v) is 9.21. The summed E-state index contributed by atoms with van der Waals surface area (Å²) in [5.74, 6) is -0.372. The van der Waals surface area contributed by atoms with E-state index >= 15 is 0 Å². The van der Waals surface area contributed by atoms with Crippen LogP contribution in [0.3, 0.4) is 0 Å². The summed E-state index contributed by atoms with van der Waals surface area (Å²) >= 11 is 1.44. The van der Waals surface area contributed by atoms with Gasteiger partial charge in [-0.3, -0.25) is 0 Å². The molecule has 0 amide bonds. The Balaban J connectivity index is 2.14. The molecular formula is C11H10FNO2S. The molecule has 0 spiro atoms. The Kier molecular flexibility index (Phi) is 3.48. The Hall–Kier alpha value is -1.46. The molecule has 0 bridgehead atoms. The maximum absolute atomic E-state index is 13.4. The molecule has 1 aromatic carbocycles. The predicted octanol–water partition coefficient (Wildman–Crippen LogP) is 2.35. The fraction of sp³-hybridized carbons (Fsp3) is 0.182. The lowest BCUT2D eigenvalue weighted by molar-refractivity contribution is 0.251. The second-order valence-corrected chi connectivity index (χ2v) is 4.08. The number of ether oxygens (including phenoxy) is 1. The zero-order valence-electron chi connectivity index (χ0n) is 8.39. The number of hydrogen-bond acceptors (Lipinski definition) is 4. The number of aromatic nitrogens is 1. The molecule has 1 N–H and O–H groups in total. The van der Waals surface area contributed by atoms with Gasteiger partial charge in [-0.1, -0.05) is 12.1 Å². The van der Waals surface area contributed by atoms with Crippen LogP contribution in [0.4, 0.5) is 4.39 Å². The fourth-order valence-corrected chi connectivity index (χ4v) is 1.83. The van der Waals surface area contributed by atoms with Crippen LogP contribution in [0.25, 0.3) is 0 Å². The molecule has 3 nitrogen and oxygen atoms in total. The average molecular weight is 239 g/mol. The molecule has 0 atom stereocenters. The second kappa shape index (κ2) is 5.05. The largest absolute Gasteiger partial charge is 0.483 e. The Morgan fingerprint density at radius 3 is 3.00 bits per heavy atom. The minimum Gasteiger partial charge on any atom is -0.483 e. The van der Waals surface area contributed by atoms with Crippen LogP contribution in [-0.4, -0.2) is 10.1 Å². The van der Waals surface area contributed by atoms with Gasteiger partial charge in [0.2, 0.25) is 0 Å². The Labute approximate surface area is 96.2 Å². The van der Waals surface area contributed by atoms with Gasteiger partial charge in [0.1, 0.15) is 11.6 Å². The minimum atomic E-state index is -0.469. The third kappa shape index (κ3) is 2.37. The molecule has 5 heteroatoms. The summed E-state index contributed by atoms with van der Waals surface area (Å²) in [7, 11) is 0. The minimum absolute atomic E-state index is 0.0974. The van der Waals surface area contributed by atoms with E-state index < -0.39 is 5.82 Å². The van der Waals surface area contributed by atoms with Crippen LogP contribution in [0.15, 0.2) is 29.8 Å². The first-order chi connectivity index (χ1) is 7.81. The molecule has 16 heavy (non-hydrogen) atoms. The molecule has 0 unspecified atom stereocenters. The van der Waals surface area contributed by atoms with Gasteiger partial charge in [-0.05, 0) is 6.07 Å². The number of benzene rings is 1. The van der Waals surface area contributed by atoms with Gasteiger partial charge < -0.3 is 9.84 Å². The lowest BCUT2D eigenvalue weighted by Gasteiger charge is -2.09. The average Bonchev–Trinajstić information content (AvgIpc) is 2.80. The normalized spacial score (nSPS) is 10.4. The van der Waals surface area contributed by atoms with E-state index in [4.69, 9.17) is 9.84 Å². The van der Waals surface area contributed by atoms with Crippen LogP contribution in [-0.2, 0) is 13.2 Å². The number of aliphatic hydroxyl groups excluding tert-OH is 1. The lowest BCUT2D eigenvalue weighted by Crippen LogP contribution is -2.00. The smallest absolute Gasteiger partial charge is 0.165 e. The van der Waals surface area contributed by atoms with Crippen LogP contribution >= 0.6 is 11.3 Å². The summed E-state index contributed by atoms with van der Waals surface area (Å²) in [6.45, 7) is -0.0312. The van der Waals surface area contributed by atoms with Crippen molar-refractivity contribution in [3.05, 3.63) is 46.2 Å². The van der Waals surface area contributed by atoms with E-state index in [2.05, 4.69) is 4.98 Å². The summed E-state index contributed by atoms with van der Waals surface area (Å²) in [6.07, 6.45) is 1.66. The second-order valence-electron chi connectivity index (χ2n) is 3.10. The van der Waals surface area contributed by atoms with Gasteiger partial charge in [0.25, 0.3) is 0 Å². The summed E-state index contributed by atoms with van der Waals surface area (Å²) in [5, 5.41) is 11.6. The van der Waals surface area contributed by atoms with E-state index in [1.165, 1.54) is 23.5 Å². The van der Waals surface area contributed by atoms with Gasteiger partial charge in [-0.2, -0.15) is 0 Å². The van der Waals surface area contributed by atoms with Crippen LogP contribution in [0.5, 0.6) is 5.75 Å². The van der Waals surface area contributed by atoms with E-state index in [-0.39, 0.29) is 19.0 Å². The zero-order chi connectivity index (χ0) is 11.4. The first kappa shape index (κ1) is 11.0. The number of aliphatic hydroxyl groups is 1. The number of thiazole rings is 1. The highest BCUT2D eigenvalue weighted by Gasteiger charge is 2.09. The lowest BCUT2D eigenvalue weighted by atomic mass is 10.2. The van der Waals surface area contributed by atoms with Gasteiger partial charge in [-0.25, -0.2) is 9.37 Å². The van der Waals surface area contributed by atoms with Crippen molar-refractivity contribution in [1.82, 2.24) is 4.98 Å². The summed E-state index contributed by atoms with van der Waals surface area (Å²) in [5.41, 5.74) is 0.441. The third-order valence-corrected chi connectivity index (χ3v) is 2.80. The van der Waals surface area contributed by atoms with Crippen LogP contribution in [0.1, 0.15) is 10.6 Å². The molecule has 0 radical (unpaired) electrons. The van der Waals surface area contributed by atoms with Gasteiger partial charge in [-0.15, -0.1) is 11.3 Å². The van der Waals surface area contributed by atoms with Crippen molar-refractivity contribution in [2.75, 3.05) is 0 Å². The van der Waals surface area contributed by atoms with Crippen molar-refractivity contribution in [2.45, 2.75) is 13.2 Å². The molecule has 0 aliphatic heterocycles. The molecule has 2 aromatic rings. The highest BCUT2D eigenvalue weighted by molar-refractivity contribution is 7.09. The van der Waals surface area contributed by atoms with E-state index in [0.717, 1.165) is 5.01 Å². The standard InChI is InChI=1S/C11H10FNO2S/c12-9-3-1-2-8(6-14)11(9)15-7-10-13-4-5-16-10/h1-5,14H,6-7H2. The molecule has 0 fully saturated rings. The third-order valence-electron chi connectivity index (χ3n) is 2.04. The number of para-hydroxylation sites is 1. The van der Waals surface area contributed by atoms with Gasteiger partial charge >= 0.3 is 0 Å². The van der Waals surface area contributed by atoms with E-state index in [0.29, 0.717) is 5.56 Å². The number of hydrogen-bond donors (Lipinski definition) is 1. The molecule has 1 heterocycles. The molecule has 0 aliphatic carbocycles. The number of rotatable bonds is 4. The first-order valence-corrected chi connectivity index (χ1v) is 5.58. The molecule has 0 saturated carbocycles. The highest BCUT2D eigenvalue weighted by Crippen LogP contribution is 2.23. The molecular weight excluding hydrogens is 229 g/mol. The van der Waals surface area contributed by atoms with Crippen molar-refractivity contribution in [1.29, 1.82) is 0 Å². The van der Waals surface area contributed by atoms with E-state index in [9.17, 15) is 4.39 Å². The summed E-state index contributed by atoms with van der Waals surface area (Å²) in [4.78, 5) is 4.03. The van der Waals surface area contributed by atoms with Crippen LogP contribution < -0.4 is 4.74 Å². The van der Waals surface area contributed by atoms with Crippen molar-refractivity contribution < 1.29 is 14.2 Å². The Morgan fingerprint density at radius 1 is 1.44 bits per heavy atom. The quantitative estimate of drug-likeness (QED) is 0.890. The molecule has 2 rings (SSSR count). The monoisotopic (exact) mass is 239 g/mol. The fourth-order valence-electron chi connectivity index (χ4n) is 1.30. The molecule has 84 valence electrons. The van der Waals surface area contributed by atoms with E-state index in [1.54, 1.807) is 12.3 Å².